The Morgan fingerprint density at radius 2 is 2.13 bits per heavy atom. The molecule has 0 aliphatic carbocycles. The quantitative estimate of drug-likeness (QED) is 0.771. The molecule has 3 N–H and O–H groups in total. The van der Waals surface area contributed by atoms with Crippen LogP contribution in [0.3, 0.4) is 0 Å². The molecule has 0 aliphatic heterocycles. The molecule has 0 radical (unpaired) electrons. The van der Waals surface area contributed by atoms with Gasteiger partial charge in [0.05, 0.1) is 0 Å². The van der Waals surface area contributed by atoms with E-state index in [2.05, 4.69) is 29.1 Å². The van der Waals surface area contributed by atoms with Crippen LogP contribution in [0.25, 0.3) is 0 Å². The van der Waals surface area contributed by atoms with Gasteiger partial charge in [0.15, 0.2) is 0 Å². The maximum Gasteiger partial charge on any atom is 0.129 e. The molecular formula is C11H20N4. The van der Waals surface area contributed by atoms with Gasteiger partial charge in [-0.1, -0.05) is 13.8 Å². The van der Waals surface area contributed by atoms with Gasteiger partial charge in [0, 0.05) is 17.8 Å². The molecular weight excluding hydrogens is 188 g/mol. The van der Waals surface area contributed by atoms with Crippen molar-refractivity contribution in [3.8, 4) is 0 Å². The third-order valence-electron chi connectivity index (χ3n) is 2.42. The minimum atomic E-state index is 0.379. The van der Waals surface area contributed by atoms with Crippen LogP contribution in [0.2, 0.25) is 0 Å². The third kappa shape index (κ3) is 3.83. The van der Waals surface area contributed by atoms with Crippen LogP contribution < -0.4 is 11.1 Å². The molecule has 84 valence electrons. The number of hydrogen-bond donors (Lipinski definition) is 2. The predicted molar refractivity (Wildman–Crippen MR) is 62.7 cm³/mol. The second-order valence-electron chi connectivity index (χ2n) is 4.12. The molecule has 0 spiro atoms. The largest absolute Gasteiger partial charge is 0.367 e. The van der Waals surface area contributed by atoms with Gasteiger partial charge >= 0.3 is 0 Å². The highest BCUT2D eigenvalue weighted by molar-refractivity contribution is 5.35. The fraction of sp³-hybridized carbons (Fsp3) is 0.636. The first-order chi connectivity index (χ1) is 7.13. The minimum Gasteiger partial charge on any atom is -0.367 e. The molecule has 4 heteroatoms. The molecule has 0 amide bonds. The molecule has 1 aromatic heterocycles. The predicted octanol–water partition coefficient (Wildman–Crippen LogP) is 1.57. The van der Waals surface area contributed by atoms with Gasteiger partial charge < -0.3 is 11.1 Å². The first-order valence-corrected chi connectivity index (χ1v) is 5.38. The summed E-state index contributed by atoms with van der Waals surface area (Å²) in [5, 5.41) is 3.39. The van der Waals surface area contributed by atoms with Crippen molar-refractivity contribution in [1.29, 1.82) is 0 Å². The van der Waals surface area contributed by atoms with Crippen LogP contribution in [0.5, 0.6) is 0 Å². The van der Waals surface area contributed by atoms with Crippen LogP contribution in [0.15, 0.2) is 12.4 Å². The van der Waals surface area contributed by atoms with E-state index in [1.54, 1.807) is 6.33 Å². The zero-order valence-corrected chi connectivity index (χ0v) is 9.70. The van der Waals surface area contributed by atoms with E-state index in [9.17, 15) is 0 Å². The average Bonchev–Trinajstić information content (AvgIpc) is 2.17. The minimum absolute atomic E-state index is 0.379. The lowest BCUT2D eigenvalue weighted by molar-refractivity contribution is 0.497. The number of nitrogens with one attached hydrogen (secondary N) is 1. The molecule has 0 fully saturated rings. The maximum absolute atomic E-state index is 5.58. The zero-order chi connectivity index (χ0) is 11.3. The van der Waals surface area contributed by atoms with Gasteiger partial charge in [-0.2, -0.15) is 0 Å². The van der Waals surface area contributed by atoms with Crippen molar-refractivity contribution in [2.75, 3.05) is 11.9 Å². The standard InChI is InChI=1S/C11H20N4/c1-8(2)10(4-5-12)15-11-6-9(3)13-7-14-11/h6-8,10H,4-5,12H2,1-3H3,(H,13,14,15). The zero-order valence-electron chi connectivity index (χ0n) is 9.70. The number of hydrogen-bond acceptors (Lipinski definition) is 4. The summed E-state index contributed by atoms with van der Waals surface area (Å²) in [6, 6.07) is 2.33. The Bertz CT molecular complexity index is 298. The van der Waals surface area contributed by atoms with Gasteiger partial charge in [0.1, 0.15) is 12.1 Å². The Balaban J connectivity index is 2.65. The first-order valence-electron chi connectivity index (χ1n) is 5.38. The molecule has 0 saturated carbocycles. The highest BCUT2D eigenvalue weighted by Crippen LogP contribution is 2.12. The van der Waals surface area contributed by atoms with Gasteiger partial charge in [0.25, 0.3) is 0 Å². The molecule has 0 aliphatic rings. The molecule has 1 heterocycles. The van der Waals surface area contributed by atoms with E-state index in [0.717, 1.165) is 17.9 Å². The molecule has 4 nitrogen and oxygen atoms in total. The number of anilines is 1. The molecule has 0 saturated heterocycles. The summed E-state index contributed by atoms with van der Waals surface area (Å²) in [6.45, 7) is 7.02. The highest BCUT2D eigenvalue weighted by atomic mass is 15.0. The fourth-order valence-electron chi connectivity index (χ4n) is 1.48. The Kier molecular flexibility index (Phi) is 4.49. The van der Waals surface area contributed by atoms with Crippen LogP contribution in [0.4, 0.5) is 5.82 Å². The molecule has 1 unspecified atom stereocenters. The summed E-state index contributed by atoms with van der Waals surface area (Å²) in [4.78, 5) is 8.24. The van der Waals surface area contributed by atoms with Crippen molar-refractivity contribution in [2.45, 2.75) is 33.2 Å². The summed E-state index contributed by atoms with van der Waals surface area (Å²) in [7, 11) is 0. The molecule has 15 heavy (non-hydrogen) atoms. The lowest BCUT2D eigenvalue weighted by atomic mass is 10.0. The van der Waals surface area contributed by atoms with E-state index in [-0.39, 0.29) is 0 Å². The summed E-state index contributed by atoms with van der Waals surface area (Å²) in [5.74, 6) is 1.43. The number of nitrogens with zero attached hydrogens (tertiary/aromatic N) is 2. The van der Waals surface area contributed by atoms with E-state index < -0.39 is 0 Å². The normalized spacial score (nSPS) is 12.9. The van der Waals surface area contributed by atoms with Gasteiger partial charge in [-0.15, -0.1) is 0 Å². The summed E-state index contributed by atoms with van der Waals surface area (Å²) in [5.41, 5.74) is 6.55. The van der Waals surface area contributed by atoms with E-state index in [1.165, 1.54) is 0 Å². The fourth-order valence-corrected chi connectivity index (χ4v) is 1.48. The van der Waals surface area contributed by atoms with E-state index in [4.69, 9.17) is 5.73 Å². The molecule has 0 aromatic carbocycles. The Hall–Kier alpha value is -1.16. The average molecular weight is 208 g/mol. The SMILES string of the molecule is Cc1cc(NC(CCN)C(C)C)ncn1. The van der Waals surface area contributed by atoms with Crippen LogP contribution in [0, 0.1) is 12.8 Å². The van der Waals surface area contributed by atoms with Crippen molar-refractivity contribution in [2.24, 2.45) is 11.7 Å². The van der Waals surface area contributed by atoms with Gasteiger partial charge in [-0.05, 0) is 25.8 Å². The van der Waals surface area contributed by atoms with Gasteiger partial charge in [-0.25, -0.2) is 9.97 Å². The van der Waals surface area contributed by atoms with E-state index in [0.29, 0.717) is 18.5 Å². The van der Waals surface area contributed by atoms with E-state index >= 15 is 0 Å². The molecule has 1 atom stereocenters. The summed E-state index contributed by atoms with van der Waals surface area (Å²) >= 11 is 0. The topological polar surface area (TPSA) is 63.8 Å². The second kappa shape index (κ2) is 5.66. The summed E-state index contributed by atoms with van der Waals surface area (Å²) in [6.07, 6.45) is 2.54. The number of aromatic nitrogens is 2. The van der Waals surface area contributed by atoms with Gasteiger partial charge in [0.2, 0.25) is 0 Å². The number of nitrogens with two attached hydrogens (primary N) is 1. The lowest BCUT2D eigenvalue weighted by Crippen LogP contribution is -2.28. The monoisotopic (exact) mass is 208 g/mol. The van der Waals surface area contributed by atoms with Crippen molar-refractivity contribution < 1.29 is 0 Å². The van der Waals surface area contributed by atoms with Crippen LogP contribution >= 0.6 is 0 Å². The smallest absolute Gasteiger partial charge is 0.129 e. The first kappa shape index (κ1) is 11.9. The molecule has 1 rings (SSSR count). The Morgan fingerprint density at radius 1 is 1.40 bits per heavy atom. The maximum atomic E-state index is 5.58. The number of aryl methyl sites for hydroxylation is 1. The van der Waals surface area contributed by atoms with E-state index in [1.807, 2.05) is 13.0 Å². The third-order valence-corrected chi connectivity index (χ3v) is 2.42. The van der Waals surface area contributed by atoms with Gasteiger partial charge in [-0.3, -0.25) is 0 Å². The van der Waals surface area contributed by atoms with Crippen LogP contribution in [-0.2, 0) is 0 Å². The second-order valence-corrected chi connectivity index (χ2v) is 4.12. The van der Waals surface area contributed by atoms with Crippen molar-refractivity contribution in [3.05, 3.63) is 18.1 Å². The lowest BCUT2D eigenvalue weighted by Gasteiger charge is -2.22. The Morgan fingerprint density at radius 3 is 2.67 bits per heavy atom. The Labute approximate surface area is 91.3 Å². The van der Waals surface area contributed by atoms with Crippen molar-refractivity contribution in [1.82, 2.24) is 9.97 Å². The van der Waals surface area contributed by atoms with Crippen LogP contribution in [-0.4, -0.2) is 22.6 Å². The molecule has 0 bridgehead atoms. The summed E-state index contributed by atoms with van der Waals surface area (Å²) < 4.78 is 0. The van der Waals surface area contributed by atoms with Crippen LogP contribution in [0.1, 0.15) is 26.0 Å². The van der Waals surface area contributed by atoms with Crippen molar-refractivity contribution >= 4 is 5.82 Å². The van der Waals surface area contributed by atoms with Crippen molar-refractivity contribution in [3.63, 3.8) is 0 Å². The molecule has 1 aromatic rings. The highest BCUT2D eigenvalue weighted by Gasteiger charge is 2.12. The number of rotatable bonds is 5.